The average molecular weight is 233 g/mol. The molecule has 7 nitrogen and oxygen atoms in total. The number of nitrogen functional groups attached to an aromatic ring is 1. The van der Waals surface area contributed by atoms with Crippen LogP contribution in [0.2, 0.25) is 0 Å². The van der Waals surface area contributed by atoms with Crippen molar-refractivity contribution in [3.8, 4) is 5.69 Å². The number of nitrogens with zero attached hydrogens (tertiary/aromatic N) is 4. The van der Waals surface area contributed by atoms with Crippen LogP contribution in [0, 0.1) is 10.1 Å². The van der Waals surface area contributed by atoms with Crippen molar-refractivity contribution in [2.75, 3.05) is 5.73 Å². The number of hydrogen-bond donors (Lipinski definition) is 1. The summed E-state index contributed by atoms with van der Waals surface area (Å²) in [7, 11) is 0. The first-order valence-electron chi connectivity index (χ1n) is 5.08. The minimum absolute atomic E-state index is 0.0126. The summed E-state index contributed by atoms with van der Waals surface area (Å²) in [4.78, 5) is 10.2. The van der Waals surface area contributed by atoms with Gasteiger partial charge in [0, 0.05) is 12.1 Å². The molecule has 1 heterocycles. The SMILES string of the molecule is CCc1c(N)nnn1-c1cccc([N+](=O)[O-])c1. The van der Waals surface area contributed by atoms with E-state index in [-0.39, 0.29) is 5.69 Å². The Kier molecular flexibility index (Phi) is 2.73. The number of nitrogens with two attached hydrogens (primary N) is 1. The molecule has 7 heteroatoms. The topological polar surface area (TPSA) is 99.9 Å². The van der Waals surface area contributed by atoms with Crippen LogP contribution in [-0.4, -0.2) is 19.9 Å². The van der Waals surface area contributed by atoms with Crippen LogP contribution < -0.4 is 5.73 Å². The van der Waals surface area contributed by atoms with Gasteiger partial charge < -0.3 is 5.73 Å². The maximum absolute atomic E-state index is 10.7. The monoisotopic (exact) mass is 233 g/mol. The quantitative estimate of drug-likeness (QED) is 0.636. The van der Waals surface area contributed by atoms with Crippen molar-refractivity contribution in [1.82, 2.24) is 15.0 Å². The molecule has 1 aromatic heterocycles. The van der Waals surface area contributed by atoms with Gasteiger partial charge in [-0.1, -0.05) is 18.2 Å². The van der Waals surface area contributed by atoms with Crippen molar-refractivity contribution in [3.05, 3.63) is 40.1 Å². The molecule has 0 unspecified atom stereocenters. The van der Waals surface area contributed by atoms with Gasteiger partial charge in [-0.25, -0.2) is 4.68 Å². The summed E-state index contributed by atoms with van der Waals surface area (Å²) in [5.74, 6) is 0.346. The molecule has 0 saturated heterocycles. The Hall–Kier alpha value is -2.44. The van der Waals surface area contributed by atoms with Gasteiger partial charge in [-0.05, 0) is 12.5 Å². The first-order chi connectivity index (χ1) is 8.13. The lowest BCUT2D eigenvalue weighted by molar-refractivity contribution is -0.384. The summed E-state index contributed by atoms with van der Waals surface area (Å²) in [5, 5.41) is 18.3. The lowest BCUT2D eigenvalue weighted by Crippen LogP contribution is -2.03. The fraction of sp³-hybridized carbons (Fsp3) is 0.200. The number of anilines is 1. The van der Waals surface area contributed by atoms with Gasteiger partial charge in [0.25, 0.3) is 5.69 Å². The van der Waals surface area contributed by atoms with E-state index in [1.165, 1.54) is 16.8 Å². The number of non-ortho nitro benzene ring substituents is 1. The number of aromatic nitrogens is 3. The Labute approximate surface area is 97.0 Å². The van der Waals surface area contributed by atoms with Gasteiger partial charge in [-0.15, -0.1) is 5.10 Å². The molecule has 0 fully saturated rings. The van der Waals surface area contributed by atoms with Crippen LogP contribution in [0.15, 0.2) is 24.3 Å². The summed E-state index contributed by atoms with van der Waals surface area (Å²) in [6, 6.07) is 6.19. The van der Waals surface area contributed by atoms with E-state index in [2.05, 4.69) is 10.3 Å². The van der Waals surface area contributed by atoms with Gasteiger partial charge in [0.1, 0.15) is 0 Å². The molecule has 17 heavy (non-hydrogen) atoms. The van der Waals surface area contributed by atoms with Crippen molar-refractivity contribution in [3.63, 3.8) is 0 Å². The molecule has 0 aliphatic carbocycles. The summed E-state index contributed by atoms with van der Waals surface area (Å²) in [6.07, 6.45) is 0.654. The Morgan fingerprint density at radius 3 is 2.94 bits per heavy atom. The lowest BCUT2D eigenvalue weighted by atomic mass is 10.2. The van der Waals surface area contributed by atoms with E-state index >= 15 is 0 Å². The molecule has 0 saturated carbocycles. The minimum Gasteiger partial charge on any atom is -0.381 e. The number of rotatable bonds is 3. The molecule has 2 aromatic rings. The van der Waals surface area contributed by atoms with Gasteiger partial charge in [0.05, 0.1) is 16.3 Å². The van der Waals surface area contributed by atoms with Gasteiger partial charge in [-0.3, -0.25) is 10.1 Å². The molecule has 2 N–H and O–H groups in total. The second-order valence-electron chi connectivity index (χ2n) is 3.46. The third kappa shape index (κ3) is 1.94. The van der Waals surface area contributed by atoms with Crippen molar-refractivity contribution in [2.24, 2.45) is 0 Å². The fourth-order valence-corrected chi connectivity index (χ4v) is 1.59. The molecule has 0 amide bonds. The van der Waals surface area contributed by atoms with Crippen molar-refractivity contribution in [1.29, 1.82) is 0 Å². The predicted molar refractivity (Wildman–Crippen MR) is 61.8 cm³/mol. The summed E-state index contributed by atoms with van der Waals surface area (Å²) < 4.78 is 1.52. The van der Waals surface area contributed by atoms with Crippen LogP contribution in [-0.2, 0) is 6.42 Å². The van der Waals surface area contributed by atoms with Crippen LogP contribution in [0.25, 0.3) is 5.69 Å². The normalized spacial score (nSPS) is 10.4. The van der Waals surface area contributed by atoms with Crippen LogP contribution in [0.4, 0.5) is 11.5 Å². The zero-order valence-corrected chi connectivity index (χ0v) is 9.20. The molecular formula is C10H11N5O2. The summed E-state index contributed by atoms with van der Waals surface area (Å²) in [5.41, 5.74) is 7.00. The standard InChI is InChI=1S/C10H11N5O2/c1-2-9-10(11)12-13-14(9)7-4-3-5-8(6-7)15(16)17/h3-6H,2,11H2,1H3. The van der Waals surface area contributed by atoms with Crippen LogP contribution in [0.3, 0.4) is 0 Å². The Morgan fingerprint density at radius 2 is 2.29 bits per heavy atom. The van der Waals surface area contributed by atoms with E-state index in [4.69, 9.17) is 5.73 Å². The van der Waals surface area contributed by atoms with Gasteiger partial charge in [-0.2, -0.15) is 0 Å². The van der Waals surface area contributed by atoms with Crippen molar-refractivity contribution < 1.29 is 4.92 Å². The molecule has 0 aliphatic heterocycles. The zero-order valence-electron chi connectivity index (χ0n) is 9.20. The third-order valence-electron chi connectivity index (χ3n) is 2.41. The fourth-order valence-electron chi connectivity index (χ4n) is 1.59. The highest BCUT2D eigenvalue weighted by Gasteiger charge is 2.12. The number of nitro benzene ring substituents is 1. The molecule has 0 atom stereocenters. The van der Waals surface area contributed by atoms with Crippen LogP contribution in [0.5, 0.6) is 0 Å². The van der Waals surface area contributed by atoms with Crippen LogP contribution >= 0.6 is 0 Å². The second-order valence-corrected chi connectivity index (χ2v) is 3.46. The molecule has 0 spiro atoms. The predicted octanol–water partition coefficient (Wildman–Crippen LogP) is 1.32. The van der Waals surface area contributed by atoms with E-state index in [9.17, 15) is 10.1 Å². The lowest BCUT2D eigenvalue weighted by Gasteiger charge is -2.04. The molecule has 1 aromatic carbocycles. The molecule has 88 valence electrons. The highest BCUT2D eigenvalue weighted by atomic mass is 16.6. The summed E-state index contributed by atoms with van der Waals surface area (Å²) in [6.45, 7) is 1.92. The van der Waals surface area contributed by atoms with Crippen molar-refractivity contribution >= 4 is 11.5 Å². The van der Waals surface area contributed by atoms with Crippen LogP contribution in [0.1, 0.15) is 12.6 Å². The van der Waals surface area contributed by atoms with Crippen molar-refractivity contribution in [2.45, 2.75) is 13.3 Å². The van der Waals surface area contributed by atoms with E-state index in [0.29, 0.717) is 17.9 Å². The highest BCUT2D eigenvalue weighted by Crippen LogP contribution is 2.19. The smallest absolute Gasteiger partial charge is 0.271 e. The average Bonchev–Trinajstić information content (AvgIpc) is 2.70. The van der Waals surface area contributed by atoms with Gasteiger partial charge in [0.2, 0.25) is 0 Å². The first kappa shape index (κ1) is 11.1. The van der Waals surface area contributed by atoms with E-state index in [0.717, 1.165) is 5.69 Å². The minimum atomic E-state index is -0.449. The number of benzene rings is 1. The molecule has 0 radical (unpaired) electrons. The maximum atomic E-state index is 10.7. The zero-order chi connectivity index (χ0) is 12.4. The first-order valence-corrected chi connectivity index (χ1v) is 5.08. The third-order valence-corrected chi connectivity index (χ3v) is 2.41. The van der Waals surface area contributed by atoms with E-state index in [1.807, 2.05) is 6.92 Å². The Balaban J connectivity index is 2.52. The largest absolute Gasteiger partial charge is 0.381 e. The highest BCUT2D eigenvalue weighted by molar-refractivity contribution is 5.46. The number of hydrogen-bond acceptors (Lipinski definition) is 5. The summed E-state index contributed by atoms with van der Waals surface area (Å²) >= 11 is 0. The molecular weight excluding hydrogens is 222 g/mol. The molecule has 0 bridgehead atoms. The van der Waals surface area contributed by atoms with E-state index in [1.54, 1.807) is 12.1 Å². The Bertz CT molecular complexity index is 564. The second kappa shape index (κ2) is 4.20. The maximum Gasteiger partial charge on any atom is 0.271 e. The number of nitro groups is 1. The van der Waals surface area contributed by atoms with E-state index < -0.39 is 4.92 Å². The van der Waals surface area contributed by atoms with Gasteiger partial charge in [0.15, 0.2) is 5.82 Å². The van der Waals surface area contributed by atoms with Gasteiger partial charge >= 0.3 is 0 Å². The molecule has 2 rings (SSSR count). The molecule has 0 aliphatic rings. The Morgan fingerprint density at radius 1 is 1.53 bits per heavy atom.